The van der Waals surface area contributed by atoms with Crippen LogP contribution in [-0.4, -0.2) is 50.8 Å². The van der Waals surface area contributed by atoms with Crippen molar-refractivity contribution in [3.05, 3.63) is 53.9 Å². The highest BCUT2D eigenvalue weighted by Gasteiger charge is 2.47. The zero-order valence-electron chi connectivity index (χ0n) is 15.8. The first-order valence-corrected chi connectivity index (χ1v) is 9.60. The number of halogens is 2. The molecule has 0 unspecified atom stereocenters. The molecule has 1 N–H and O–H groups in total. The molecule has 4 rings (SSSR count). The maximum Gasteiger partial charge on any atom is 0.273 e. The highest BCUT2D eigenvalue weighted by molar-refractivity contribution is 5.92. The van der Waals surface area contributed by atoms with E-state index in [4.69, 9.17) is 0 Å². The summed E-state index contributed by atoms with van der Waals surface area (Å²) in [5, 5.41) is 2.77. The van der Waals surface area contributed by atoms with Gasteiger partial charge in [0.15, 0.2) is 11.5 Å². The maximum absolute atomic E-state index is 13.7. The van der Waals surface area contributed by atoms with Gasteiger partial charge in [-0.3, -0.25) is 9.59 Å². The topological polar surface area (TPSA) is 88.1 Å². The number of piperidine rings is 1. The normalized spacial score (nSPS) is 18.3. The van der Waals surface area contributed by atoms with Crippen molar-refractivity contribution in [3.8, 4) is 0 Å². The summed E-state index contributed by atoms with van der Waals surface area (Å²) in [6, 6.07) is 2.30. The maximum atomic E-state index is 13.7. The van der Waals surface area contributed by atoms with Gasteiger partial charge in [-0.1, -0.05) is 0 Å². The highest BCUT2D eigenvalue weighted by Crippen LogP contribution is 2.49. The molecule has 2 aliphatic rings. The third kappa shape index (κ3) is 4.23. The van der Waals surface area contributed by atoms with Gasteiger partial charge in [0, 0.05) is 37.6 Å². The third-order valence-electron chi connectivity index (χ3n) is 5.82. The van der Waals surface area contributed by atoms with Gasteiger partial charge in [0.2, 0.25) is 5.91 Å². The summed E-state index contributed by atoms with van der Waals surface area (Å²) in [6.07, 6.45) is 7.56. The molecule has 152 valence electrons. The molecular formula is C20H21F2N5O2. The molecule has 9 heteroatoms. The molecule has 1 aliphatic carbocycles. The van der Waals surface area contributed by atoms with Gasteiger partial charge in [-0.05, 0) is 37.2 Å². The van der Waals surface area contributed by atoms with Crippen molar-refractivity contribution < 1.29 is 18.4 Å². The van der Waals surface area contributed by atoms with Gasteiger partial charge in [-0.25, -0.2) is 23.7 Å². The largest absolute Gasteiger partial charge is 0.348 e. The van der Waals surface area contributed by atoms with E-state index in [1.807, 2.05) is 4.90 Å². The number of nitrogens with zero attached hydrogens (tertiary/aromatic N) is 4. The minimum atomic E-state index is -0.967. The molecule has 29 heavy (non-hydrogen) atoms. The molecule has 0 aromatic carbocycles. The summed E-state index contributed by atoms with van der Waals surface area (Å²) >= 11 is 0. The first-order chi connectivity index (χ1) is 13.9. The fraction of sp³-hybridized carbons (Fsp3) is 0.450. The summed E-state index contributed by atoms with van der Waals surface area (Å²) < 4.78 is 26.6. The van der Waals surface area contributed by atoms with Crippen LogP contribution in [0.4, 0.5) is 8.78 Å². The number of nitrogens with one attached hydrogen (secondary N) is 1. The van der Waals surface area contributed by atoms with Crippen LogP contribution in [-0.2, 0) is 11.2 Å². The van der Waals surface area contributed by atoms with Gasteiger partial charge in [-0.15, -0.1) is 0 Å². The van der Waals surface area contributed by atoms with Gasteiger partial charge >= 0.3 is 0 Å². The number of hydrogen-bond donors (Lipinski definition) is 1. The lowest BCUT2D eigenvalue weighted by Crippen LogP contribution is -2.55. The van der Waals surface area contributed by atoms with Crippen LogP contribution in [0.5, 0.6) is 0 Å². The van der Waals surface area contributed by atoms with E-state index in [0.717, 1.165) is 31.9 Å². The fourth-order valence-corrected chi connectivity index (χ4v) is 4.23. The molecule has 0 atom stereocenters. The Morgan fingerprint density at radius 3 is 2.48 bits per heavy atom. The molecule has 1 spiro atoms. The molecule has 1 saturated carbocycles. The van der Waals surface area contributed by atoms with Crippen LogP contribution in [0.3, 0.4) is 0 Å². The molecule has 2 fully saturated rings. The van der Waals surface area contributed by atoms with Crippen molar-refractivity contribution in [1.82, 2.24) is 25.2 Å². The molecule has 1 saturated heterocycles. The van der Waals surface area contributed by atoms with Crippen LogP contribution >= 0.6 is 0 Å². The molecule has 2 amide bonds. The van der Waals surface area contributed by atoms with Crippen LogP contribution in [0.25, 0.3) is 0 Å². The standard InChI is InChI=1S/C20H21F2N5O2/c21-13-8-15(22)18(25-12-13)19(29)26-14-10-20(11-14)2-6-27(7-3-20)17(28)9-16-23-4-1-5-24-16/h1,4-5,8,12,14H,2-3,6-7,9-11H2,(H,26,29). The van der Waals surface area contributed by atoms with Crippen LogP contribution < -0.4 is 5.32 Å². The van der Waals surface area contributed by atoms with E-state index in [1.165, 1.54) is 0 Å². The highest BCUT2D eigenvalue weighted by atomic mass is 19.1. The Bertz CT molecular complexity index is 908. The first kappa shape index (κ1) is 19.4. The Labute approximate surface area is 166 Å². The van der Waals surface area contributed by atoms with Gasteiger partial charge in [0.1, 0.15) is 11.6 Å². The van der Waals surface area contributed by atoms with Crippen molar-refractivity contribution in [1.29, 1.82) is 0 Å². The van der Waals surface area contributed by atoms with Gasteiger partial charge in [-0.2, -0.15) is 0 Å². The first-order valence-electron chi connectivity index (χ1n) is 9.60. The average Bonchev–Trinajstić information content (AvgIpc) is 2.68. The lowest BCUT2D eigenvalue weighted by Gasteiger charge is -2.52. The van der Waals surface area contributed by atoms with Crippen LogP contribution in [0.2, 0.25) is 0 Å². The number of likely N-dealkylation sites (tertiary alicyclic amines) is 1. The Hall–Kier alpha value is -2.97. The number of carbonyl (C=O) groups excluding carboxylic acids is 2. The lowest BCUT2D eigenvalue weighted by molar-refractivity contribution is -0.134. The number of rotatable bonds is 4. The predicted octanol–water partition coefficient (Wildman–Crippen LogP) is 1.89. The molecule has 3 heterocycles. The Balaban J connectivity index is 1.25. The number of pyridine rings is 1. The van der Waals surface area contributed by atoms with E-state index in [0.29, 0.717) is 25.0 Å². The number of amides is 2. The molecule has 0 radical (unpaired) electrons. The molecule has 2 aromatic rings. The Morgan fingerprint density at radius 1 is 1.14 bits per heavy atom. The van der Waals surface area contributed by atoms with Crippen LogP contribution in [0.1, 0.15) is 42.0 Å². The minimum absolute atomic E-state index is 0.0214. The van der Waals surface area contributed by atoms with Gasteiger partial charge in [0.05, 0.1) is 12.6 Å². The second-order valence-electron chi connectivity index (χ2n) is 7.79. The quantitative estimate of drug-likeness (QED) is 0.845. The van der Waals surface area contributed by atoms with E-state index in [2.05, 4.69) is 20.3 Å². The average molecular weight is 401 g/mol. The van der Waals surface area contributed by atoms with E-state index in [9.17, 15) is 18.4 Å². The van der Waals surface area contributed by atoms with E-state index < -0.39 is 23.2 Å². The summed E-state index contributed by atoms with van der Waals surface area (Å²) in [5.41, 5.74) is -0.289. The van der Waals surface area contributed by atoms with Crippen molar-refractivity contribution in [2.45, 2.75) is 38.1 Å². The smallest absolute Gasteiger partial charge is 0.273 e. The fourth-order valence-electron chi connectivity index (χ4n) is 4.23. The molecule has 7 nitrogen and oxygen atoms in total. The van der Waals surface area contributed by atoms with E-state index >= 15 is 0 Å². The Kier molecular flexibility index (Phi) is 5.21. The van der Waals surface area contributed by atoms with Crippen molar-refractivity contribution in [3.63, 3.8) is 0 Å². The monoisotopic (exact) mass is 401 g/mol. The predicted molar refractivity (Wildman–Crippen MR) is 98.6 cm³/mol. The van der Waals surface area contributed by atoms with Crippen molar-refractivity contribution in [2.75, 3.05) is 13.1 Å². The molecule has 0 bridgehead atoms. The summed E-state index contributed by atoms with van der Waals surface area (Å²) in [4.78, 5) is 38.2. The number of carbonyl (C=O) groups is 2. The zero-order valence-corrected chi connectivity index (χ0v) is 15.8. The second-order valence-corrected chi connectivity index (χ2v) is 7.79. The van der Waals surface area contributed by atoms with Gasteiger partial charge < -0.3 is 10.2 Å². The van der Waals surface area contributed by atoms with Crippen molar-refractivity contribution >= 4 is 11.8 Å². The SMILES string of the molecule is O=C(NC1CC2(CCN(C(=O)Cc3ncccn3)CC2)C1)c1ncc(F)cc1F. The minimum Gasteiger partial charge on any atom is -0.348 e. The summed E-state index contributed by atoms with van der Waals surface area (Å²) in [7, 11) is 0. The Morgan fingerprint density at radius 2 is 1.83 bits per heavy atom. The van der Waals surface area contributed by atoms with Gasteiger partial charge in [0.25, 0.3) is 5.91 Å². The molecular weight excluding hydrogens is 380 g/mol. The van der Waals surface area contributed by atoms with Crippen LogP contribution in [0.15, 0.2) is 30.7 Å². The molecule has 1 aliphatic heterocycles. The lowest BCUT2D eigenvalue weighted by atomic mass is 9.60. The van der Waals surface area contributed by atoms with E-state index in [1.54, 1.807) is 18.5 Å². The van der Waals surface area contributed by atoms with Crippen molar-refractivity contribution in [2.24, 2.45) is 5.41 Å². The number of aromatic nitrogens is 3. The summed E-state index contributed by atoms with van der Waals surface area (Å²) in [5.74, 6) is -1.87. The van der Waals surface area contributed by atoms with Crippen LogP contribution in [0, 0.1) is 17.0 Å². The number of hydrogen-bond acceptors (Lipinski definition) is 5. The van der Waals surface area contributed by atoms with E-state index in [-0.39, 0.29) is 23.8 Å². The summed E-state index contributed by atoms with van der Waals surface area (Å²) in [6.45, 7) is 1.33. The third-order valence-corrected chi connectivity index (χ3v) is 5.82. The second kappa shape index (κ2) is 7.81. The zero-order chi connectivity index (χ0) is 20.4. The molecule has 2 aromatic heterocycles.